The second kappa shape index (κ2) is 9.75. The van der Waals surface area contributed by atoms with Crippen molar-refractivity contribution in [3.8, 4) is 0 Å². The minimum atomic E-state index is -0.0810. The summed E-state index contributed by atoms with van der Waals surface area (Å²) in [6.07, 6.45) is 3.55. The van der Waals surface area contributed by atoms with E-state index >= 15 is 0 Å². The van der Waals surface area contributed by atoms with E-state index in [1.807, 2.05) is 32.0 Å². The zero-order valence-electron chi connectivity index (χ0n) is 15.7. The summed E-state index contributed by atoms with van der Waals surface area (Å²) in [4.78, 5) is 30.7. The highest BCUT2D eigenvalue weighted by molar-refractivity contribution is 5.95. The summed E-state index contributed by atoms with van der Waals surface area (Å²) in [5.74, 6) is 1.19. The normalized spacial score (nSPS) is 10.6. The van der Waals surface area contributed by atoms with E-state index in [1.54, 1.807) is 24.1 Å². The average molecular weight is 357 g/mol. The molecule has 0 bridgehead atoms. The number of aryl methyl sites for hydroxylation is 2. The number of carbonyl (C=O) groups is 2. The van der Waals surface area contributed by atoms with Crippen LogP contribution in [0.4, 0.5) is 0 Å². The molecule has 0 saturated carbocycles. The van der Waals surface area contributed by atoms with Crippen LogP contribution in [0.15, 0.2) is 34.9 Å². The van der Waals surface area contributed by atoms with Crippen LogP contribution in [0, 0.1) is 13.8 Å². The van der Waals surface area contributed by atoms with Gasteiger partial charge in [0.15, 0.2) is 0 Å². The van der Waals surface area contributed by atoms with E-state index in [2.05, 4.69) is 10.3 Å². The largest absolute Gasteiger partial charge is 0.466 e. The first-order valence-electron chi connectivity index (χ1n) is 9.04. The molecule has 2 amide bonds. The Bertz CT molecular complexity index is 725. The summed E-state index contributed by atoms with van der Waals surface area (Å²) in [5.41, 5.74) is 1.52. The van der Waals surface area contributed by atoms with Crippen LogP contribution in [0.1, 0.15) is 47.3 Å². The van der Waals surface area contributed by atoms with Crippen LogP contribution in [-0.2, 0) is 11.2 Å². The summed E-state index contributed by atoms with van der Waals surface area (Å²) in [7, 11) is 0. The number of amides is 2. The standard InChI is InChI=1S/C20H27N3O3/c1-4-12-23(20(25)18-14-15(2)26-16(18)3)13-9-19(24)22-11-8-17-7-5-6-10-21-17/h5-7,10,14H,4,8-9,11-13H2,1-3H3,(H,22,24). The van der Waals surface area contributed by atoms with Gasteiger partial charge < -0.3 is 14.6 Å². The topological polar surface area (TPSA) is 75.4 Å². The van der Waals surface area contributed by atoms with Gasteiger partial charge >= 0.3 is 0 Å². The summed E-state index contributed by atoms with van der Waals surface area (Å²) in [6, 6.07) is 7.49. The molecule has 0 radical (unpaired) electrons. The molecule has 26 heavy (non-hydrogen) atoms. The van der Waals surface area contributed by atoms with Gasteiger partial charge in [0.05, 0.1) is 5.56 Å². The number of furan rings is 1. The molecule has 0 aromatic carbocycles. The van der Waals surface area contributed by atoms with Crippen molar-refractivity contribution in [2.24, 2.45) is 0 Å². The molecule has 0 unspecified atom stereocenters. The lowest BCUT2D eigenvalue weighted by Crippen LogP contribution is -2.36. The lowest BCUT2D eigenvalue weighted by atomic mass is 10.2. The molecular weight excluding hydrogens is 330 g/mol. The van der Waals surface area contributed by atoms with Crippen molar-refractivity contribution >= 4 is 11.8 Å². The highest BCUT2D eigenvalue weighted by atomic mass is 16.3. The SMILES string of the molecule is CCCN(CCC(=O)NCCc1ccccn1)C(=O)c1cc(C)oc1C. The van der Waals surface area contributed by atoms with E-state index in [1.165, 1.54) is 0 Å². The van der Waals surface area contributed by atoms with Crippen molar-refractivity contribution in [3.63, 3.8) is 0 Å². The Labute approximate surface area is 154 Å². The zero-order chi connectivity index (χ0) is 18.9. The lowest BCUT2D eigenvalue weighted by molar-refractivity contribution is -0.121. The van der Waals surface area contributed by atoms with Crippen LogP contribution in [0.25, 0.3) is 0 Å². The number of hydrogen-bond donors (Lipinski definition) is 1. The first kappa shape index (κ1) is 19.7. The van der Waals surface area contributed by atoms with Crippen LogP contribution in [-0.4, -0.2) is 41.3 Å². The molecule has 6 nitrogen and oxygen atoms in total. The van der Waals surface area contributed by atoms with Crippen LogP contribution >= 0.6 is 0 Å². The van der Waals surface area contributed by atoms with Crippen molar-refractivity contribution in [1.82, 2.24) is 15.2 Å². The summed E-state index contributed by atoms with van der Waals surface area (Å²) in [6.45, 7) is 7.17. The van der Waals surface area contributed by atoms with Crippen LogP contribution < -0.4 is 5.32 Å². The van der Waals surface area contributed by atoms with Gasteiger partial charge in [-0.25, -0.2) is 0 Å². The van der Waals surface area contributed by atoms with Crippen molar-refractivity contribution in [2.75, 3.05) is 19.6 Å². The van der Waals surface area contributed by atoms with Gasteiger partial charge in [0.1, 0.15) is 11.5 Å². The predicted molar refractivity (Wildman–Crippen MR) is 99.9 cm³/mol. The molecule has 2 heterocycles. The predicted octanol–water partition coefficient (Wildman–Crippen LogP) is 2.89. The first-order chi connectivity index (χ1) is 12.5. The molecule has 140 valence electrons. The number of pyridine rings is 1. The molecule has 2 aromatic rings. The quantitative estimate of drug-likeness (QED) is 0.749. The van der Waals surface area contributed by atoms with E-state index < -0.39 is 0 Å². The van der Waals surface area contributed by atoms with Gasteiger partial charge in [0.25, 0.3) is 5.91 Å². The zero-order valence-corrected chi connectivity index (χ0v) is 15.7. The molecule has 0 spiro atoms. The summed E-state index contributed by atoms with van der Waals surface area (Å²) in [5, 5.41) is 2.89. The average Bonchev–Trinajstić information content (AvgIpc) is 2.97. The molecule has 0 saturated heterocycles. The molecule has 0 aliphatic carbocycles. The summed E-state index contributed by atoms with van der Waals surface area (Å²) < 4.78 is 5.45. The third-order valence-electron chi connectivity index (χ3n) is 4.09. The molecule has 1 N–H and O–H groups in total. The molecule has 0 aliphatic rings. The molecule has 0 atom stereocenters. The van der Waals surface area contributed by atoms with Gasteiger partial charge in [-0.3, -0.25) is 14.6 Å². The fraction of sp³-hybridized carbons (Fsp3) is 0.450. The number of nitrogens with one attached hydrogen (secondary N) is 1. The number of nitrogens with zero attached hydrogens (tertiary/aromatic N) is 2. The van der Waals surface area contributed by atoms with E-state index in [9.17, 15) is 9.59 Å². The third kappa shape index (κ3) is 5.72. The third-order valence-corrected chi connectivity index (χ3v) is 4.09. The maximum Gasteiger partial charge on any atom is 0.257 e. The van der Waals surface area contributed by atoms with E-state index in [0.717, 1.165) is 17.9 Å². The Kier molecular flexibility index (Phi) is 7.38. The molecule has 0 fully saturated rings. The van der Waals surface area contributed by atoms with E-state index in [0.29, 0.717) is 37.4 Å². The van der Waals surface area contributed by atoms with Gasteiger partial charge in [-0.2, -0.15) is 0 Å². The second-order valence-electron chi connectivity index (χ2n) is 6.29. The Morgan fingerprint density at radius 1 is 1.23 bits per heavy atom. The molecule has 6 heteroatoms. The highest BCUT2D eigenvalue weighted by Gasteiger charge is 2.20. The number of carbonyl (C=O) groups excluding carboxylic acids is 2. The maximum atomic E-state index is 12.7. The van der Waals surface area contributed by atoms with E-state index in [-0.39, 0.29) is 18.2 Å². The van der Waals surface area contributed by atoms with E-state index in [4.69, 9.17) is 4.42 Å². The van der Waals surface area contributed by atoms with Crippen LogP contribution in [0.5, 0.6) is 0 Å². The lowest BCUT2D eigenvalue weighted by Gasteiger charge is -2.21. The monoisotopic (exact) mass is 357 g/mol. The van der Waals surface area contributed by atoms with Gasteiger partial charge in [0.2, 0.25) is 5.91 Å². The van der Waals surface area contributed by atoms with Gasteiger partial charge in [-0.1, -0.05) is 13.0 Å². The van der Waals surface area contributed by atoms with Crippen molar-refractivity contribution in [2.45, 2.75) is 40.0 Å². The highest BCUT2D eigenvalue weighted by Crippen LogP contribution is 2.16. The fourth-order valence-corrected chi connectivity index (χ4v) is 2.80. The van der Waals surface area contributed by atoms with Crippen LogP contribution in [0.3, 0.4) is 0 Å². The molecular formula is C20H27N3O3. The molecule has 2 aromatic heterocycles. The maximum absolute atomic E-state index is 12.7. The van der Waals surface area contributed by atoms with Crippen LogP contribution in [0.2, 0.25) is 0 Å². The first-order valence-corrected chi connectivity index (χ1v) is 9.04. The molecule has 2 rings (SSSR count). The Balaban J connectivity index is 1.82. The van der Waals surface area contributed by atoms with Crippen molar-refractivity contribution < 1.29 is 14.0 Å². The Morgan fingerprint density at radius 2 is 2.04 bits per heavy atom. The van der Waals surface area contributed by atoms with Gasteiger partial charge in [-0.15, -0.1) is 0 Å². The fourth-order valence-electron chi connectivity index (χ4n) is 2.80. The molecule has 0 aliphatic heterocycles. The van der Waals surface area contributed by atoms with Gasteiger partial charge in [0, 0.05) is 44.4 Å². The second-order valence-corrected chi connectivity index (χ2v) is 6.29. The smallest absolute Gasteiger partial charge is 0.257 e. The number of hydrogen-bond acceptors (Lipinski definition) is 4. The Hall–Kier alpha value is -2.63. The van der Waals surface area contributed by atoms with Crippen molar-refractivity contribution in [1.29, 1.82) is 0 Å². The van der Waals surface area contributed by atoms with Crippen molar-refractivity contribution in [3.05, 3.63) is 53.2 Å². The minimum Gasteiger partial charge on any atom is -0.466 e. The number of aromatic nitrogens is 1. The Morgan fingerprint density at radius 3 is 2.65 bits per heavy atom. The minimum absolute atomic E-state index is 0.0602. The van der Waals surface area contributed by atoms with Gasteiger partial charge in [-0.05, 0) is 38.5 Å². The number of rotatable bonds is 9. The summed E-state index contributed by atoms with van der Waals surface area (Å²) >= 11 is 0.